The molecule has 0 unspecified atom stereocenters. The molecule has 2 aromatic heterocycles. The fourth-order valence-corrected chi connectivity index (χ4v) is 7.55. The van der Waals surface area contributed by atoms with E-state index >= 15 is 0 Å². The van der Waals surface area contributed by atoms with Crippen molar-refractivity contribution in [2.45, 2.75) is 0 Å². The first-order valence-electron chi connectivity index (χ1n) is 17.3. The normalized spacial score (nSPS) is 11.5. The van der Waals surface area contributed by atoms with Gasteiger partial charge in [-0.15, -0.1) is 0 Å². The third kappa shape index (κ3) is 4.82. The first-order valence-corrected chi connectivity index (χ1v) is 17.3. The minimum absolute atomic E-state index is 0.832. The molecular weight excluding hydrogens is 623 g/mol. The molecule has 0 aliphatic carbocycles. The molecule has 10 aromatic rings. The summed E-state index contributed by atoms with van der Waals surface area (Å²) in [4.78, 5) is 2.33. The molecule has 0 amide bonds. The first-order chi connectivity index (χ1) is 25.3. The molecule has 0 N–H and O–H groups in total. The number of para-hydroxylation sites is 2. The number of nitrogens with zero attached hydrogens (tertiary/aromatic N) is 1. The van der Waals surface area contributed by atoms with Crippen LogP contribution in [0.3, 0.4) is 0 Å². The van der Waals surface area contributed by atoms with Crippen LogP contribution in [0, 0.1) is 0 Å². The van der Waals surface area contributed by atoms with E-state index in [2.05, 4.69) is 181 Å². The maximum absolute atomic E-state index is 6.86. The van der Waals surface area contributed by atoms with Gasteiger partial charge in [-0.2, -0.15) is 0 Å². The van der Waals surface area contributed by atoms with Crippen LogP contribution in [0.1, 0.15) is 0 Å². The van der Waals surface area contributed by atoms with E-state index in [1.807, 2.05) is 12.1 Å². The Morgan fingerprint density at radius 3 is 1.63 bits per heavy atom. The van der Waals surface area contributed by atoms with Crippen molar-refractivity contribution >= 4 is 60.9 Å². The maximum atomic E-state index is 6.86. The molecule has 3 heteroatoms. The van der Waals surface area contributed by atoms with Crippen molar-refractivity contribution in [1.29, 1.82) is 0 Å². The van der Waals surface area contributed by atoms with Crippen LogP contribution in [-0.2, 0) is 0 Å². The number of hydrogen-bond acceptors (Lipinski definition) is 3. The number of furan rings is 2. The Balaban J connectivity index is 1.27. The van der Waals surface area contributed by atoms with Crippen molar-refractivity contribution in [3.05, 3.63) is 188 Å². The van der Waals surface area contributed by atoms with E-state index in [0.717, 1.165) is 88.8 Å². The Kier molecular flexibility index (Phi) is 6.81. The first kappa shape index (κ1) is 29.1. The van der Waals surface area contributed by atoms with Crippen molar-refractivity contribution < 1.29 is 8.83 Å². The second-order valence-corrected chi connectivity index (χ2v) is 12.8. The highest BCUT2D eigenvalue weighted by atomic mass is 16.3. The Hall–Kier alpha value is -6.84. The van der Waals surface area contributed by atoms with Crippen molar-refractivity contribution in [2.75, 3.05) is 4.90 Å². The van der Waals surface area contributed by atoms with Gasteiger partial charge in [0.1, 0.15) is 16.7 Å². The van der Waals surface area contributed by atoms with Gasteiger partial charge in [0, 0.05) is 27.4 Å². The zero-order valence-electron chi connectivity index (χ0n) is 27.7. The Morgan fingerprint density at radius 2 is 0.882 bits per heavy atom. The number of rotatable bonds is 6. The molecule has 0 spiro atoms. The van der Waals surface area contributed by atoms with Gasteiger partial charge in [-0.25, -0.2) is 0 Å². The smallest absolute Gasteiger partial charge is 0.160 e. The topological polar surface area (TPSA) is 29.5 Å². The summed E-state index contributed by atoms with van der Waals surface area (Å²) >= 11 is 0. The summed E-state index contributed by atoms with van der Waals surface area (Å²) in [5.41, 5.74) is 13.2. The summed E-state index contributed by atoms with van der Waals surface area (Å²) < 4.78 is 13.6. The average molecular weight is 654 g/mol. The van der Waals surface area contributed by atoms with Gasteiger partial charge in [-0.3, -0.25) is 0 Å². The van der Waals surface area contributed by atoms with Crippen LogP contribution in [0.4, 0.5) is 17.1 Å². The lowest BCUT2D eigenvalue weighted by molar-refractivity contribution is 0.668. The van der Waals surface area contributed by atoms with E-state index in [-0.39, 0.29) is 0 Å². The summed E-state index contributed by atoms with van der Waals surface area (Å²) in [7, 11) is 0. The Morgan fingerprint density at radius 1 is 0.314 bits per heavy atom. The van der Waals surface area contributed by atoms with Crippen molar-refractivity contribution in [3.8, 4) is 33.4 Å². The minimum Gasteiger partial charge on any atom is -0.455 e. The van der Waals surface area contributed by atoms with Gasteiger partial charge in [0.25, 0.3) is 0 Å². The predicted octanol–water partition coefficient (Wildman–Crippen LogP) is 14.0. The lowest BCUT2D eigenvalue weighted by atomic mass is 9.97. The fraction of sp³-hybridized carbons (Fsp3) is 0. The van der Waals surface area contributed by atoms with Crippen LogP contribution in [0.2, 0.25) is 0 Å². The molecule has 0 saturated heterocycles. The van der Waals surface area contributed by atoms with Crippen LogP contribution in [0.25, 0.3) is 77.3 Å². The van der Waals surface area contributed by atoms with Gasteiger partial charge >= 0.3 is 0 Å². The lowest BCUT2D eigenvalue weighted by Crippen LogP contribution is -2.10. The fourth-order valence-electron chi connectivity index (χ4n) is 7.55. The highest BCUT2D eigenvalue weighted by Gasteiger charge is 2.25. The summed E-state index contributed by atoms with van der Waals surface area (Å²) in [6, 6.07) is 65.9. The number of hydrogen-bond donors (Lipinski definition) is 0. The van der Waals surface area contributed by atoms with Gasteiger partial charge in [0.2, 0.25) is 0 Å². The third-order valence-corrected chi connectivity index (χ3v) is 9.89. The molecule has 0 aliphatic heterocycles. The number of fused-ring (bicyclic) bond motifs is 6. The maximum Gasteiger partial charge on any atom is 0.160 e. The minimum atomic E-state index is 0.832. The van der Waals surface area contributed by atoms with Gasteiger partial charge in [0.15, 0.2) is 5.58 Å². The molecule has 0 radical (unpaired) electrons. The third-order valence-electron chi connectivity index (χ3n) is 9.89. The molecule has 0 saturated carbocycles. The predicted molar refractivity (Wildman–Crippen MR) is 212 cm³/mol. The Bertz CT molecular complexity index is 2830. The molecule has 0 bridgehead atoms. The molecule has 0 aliphatic rings. The molecule has 0 atom stereocenters. The zero-order valence-corrected chi connectivity index (χ0v) is 27.7. The van der Waals surface area contributed by atoms with E-state index in [1.54, 1.807) is 0 Å². The summed E-state index contributed by atoms with van der Waals surface area (Å²) in [6.07, 6.45) is 0. The summed E-state index contributed by atoms with van der Waals surface area (Å²) in [5, 5.41) is 4.30. The highest BCUT2D eigenvalue weighted by Crippen LogP contribution is 2.49. The van der Waals surface area contributed by atoms with E-state index in [0.29, 0.717) is 0 Å². The number of benzene rings is 8. The van der Waals surface area contributed by atoms with Gasteiger partial charge < -0.3 is 13.7 Å². The van der Waals surface area contributed by atoms with Gasteiger partial charge in [-0.1, -0.05) is 152 Å². The number of anilines is 3. The van der Waals surface area contributed by atoms with E-state index in [4.69, 9.17) is 8.83 Å². The highest BCUT2D eigenvalue weighted by molar-refractivity contribution is 6.20. The summed E-state index contributed by atoms with van der Waals surface area (Å²) in [5.74, 6) is 0. The van der Waals surface area contributed by atoms with Crippen molar-refractivity contribution in [3.63, 3.8) is 0 Å². The van der Waals surface area contributed by atoms with Crippen LogP contribution >= 0.6 is 0 Å². The molecule has 2 heterocycles. The summed E-state index contributed by atoms with van der Waals surface area (Å²) in [6.45, 7) is 0. The molecule has 240 valence electrons. The van der Waals surface area contributed by atoms with E-state index in [1.165, 1.54) is 5.56 Å². The van der Waals surface area contributed by atoms with Crippen LogP contribution < -0.4 is 4.90 Å². The molecule has 0 fully saturated rings. The van der Waals surface area contributed by atoms with Gasteiger partial charge in [0.05, 0.1) is 16.8 Å². The van der Waals surface area contributed by atoms with E-state index in [9.17, 15) is 0 Å². The second kappa shape index (κ2) is 11.9. The molecule has 8 aromatic carbocycles. The molecule has 10 rings (SSSR count). The molecule has 51 heavy (non-hydrogen) atoms. The van der Waals surface area contributed by atoms with Crippen molar-refractivity contribution in [1.82, 2.24) is 0 Å². The van der Waals surface area contributed by atoms with Crippen LogP contribution in [0.5, 0.6) is 0 Å². The van der Waals surface area contributed by atoms with Crippen LogP contribution in [0.15, 0.2) is 197 Å². The van der Waals surface area contributed by atoms with Gasteiger partial charge in [-0.05, 0) is 64.2 Å². The quantitative estimate of drug-likeness (QED) is 0.179. The van der Waals surface area contributed by atoms with E-state index < -0.39 is 0 Å². The zero-order chi connectivity index (χ0) is 33.7. The largest absolute Gasteiger partial charge is 0.455 e. The molecular formula is C48H31NO2. The average Bonchev–Trinajstić information content (AvgIpc) is 3.79. The lowest BCUT2D eigenvalue weighted by Gasteiger charge is -2.27. The molecule has 3 nitrogen and oxygen atoms in total. The second-order valence-electron chi connectivity index (χ2n) is 12.8. The monoisotopic (exact) mass is 653 g/mol. The Labute approximate surface area is 295 Å². The van der Waals surface area contributed by atoms with Crippen LogP contribution in [-0.4, -0.2) is 0 Å². The SMILES string of the molecule is c1ccc(-c2ccc(N(c3ccc(-c4ccccc4)c4c3oc3ccccc34)c3cccc4oc5c(-c6ccccc6)cccc5c34)cc2)cc1. The standard InChI is InChI=1S/C48H31NO2/c1-4-14-32(15-5-1)33-26-28-36(29-27-33)49(41-23-13-25-44-46(41)40-22-12-21-38(47(40)51-44)35-18-8-3-9-19-35)42-31-30-37(34-16-6-2-7-17-34)45-39-20-10-11-24-43(39)50-48(42)45/h1-31H. The van der Waals surface area contributed by atoms with Crippen molar-refractivity contribution in [2.24, 2.45) is 0 Å².